The summed E-state index contributed by atoms with van der Waals surface area (Å²) >= 11 is -2.85. The smallest absolute Gasteiger partial charge is 0.283 e. The molecule has 0 fully saturated rings. The average molecular weight is 176 g/mol. The van der Waals surface area contributed by atoms with Gasteiger partial charge in [0.25, 0.3) is 0 Å². The molecule has 0 rings (SSSR count). The third kappa shape index (κ3) is 4.48. The van der Waals surface area contributed by atoms with Gasteiger partial charge in [-0.15, -0.1) is 3.63 Å². The van der Waals surface area contributed by atoms with E-state index in [0.717, 1.165) is 7.11 Å². The van der Waals surface area contributed by atoms with E-state index < -0.39 is 21.8 Å². The van der Waals surface area contributed by atoms with E-state index >= 15 is 0 Å². The van der Waals surface area contributed by atoms with Gasteiger partial charge in [-0.3, -0.25) is 8.74 Å². The zero-order valence-corrected chi connectivity index (χ0v) is 5.94. The number of hydrogen-bond donors (Lipinski definition) is 1. The lowest BCUT2D eigenvalue weighted by molar-refractivity contribution is 0.327. The van der Waals surface area contributed by atoms with Crippen LogP contribution >= 0.6 is 0 Å². The fourth-order valence-electron chi connectivity index (χ4n) is 0.0991. The van der Waals surface area contributed by atoms with Crippen molar-refractivity contribution in [1.82, 2.24) is 0 Å². The van der Waals surface area contributed by atoms with E-state index in [4.69, 9.17) is 4.55 Å². The van der Waals surface area contributed by atoms with Gasteiger partial charge < -0.3 is 0 Å². The van der Waals surface area contributed by atoms with Crippen LogP contribution in [0.2, 0.25) is 0 Å². The topological polar surface area (TPSA) is 89.9 Å². The molecular weight excluding hydrogens is 172 g/mol. The summed E-state index contributed by atoms with van der Waals surface area (Å²) in [6, 6.07) is 0. The lowest BCUT2D eigenvalue weighted by Crippen LogP contribution is -2.08. The summed E-state index contributed by atoms with van der Waals surface area (Å²) in [6.07, 6.45) is 0. The maximum absolute atomic E-state index is 10.0. The van der Waals surface area contributed by atoms with E-state index in [0.29, 0.717) is 0 Å². The molecule has 8 heteroatoms. The molecule has 0 aromatic rings. The highest BCUT2D eigenvalue weighted by Gasteiger charge is 2.12. The van der Waals surface area contributed by atoms with Crippen LogP contribution in [0.3, 0.4) is 0 Å². The summed E-state index contributed by atoms with van der Waals surface area (Å²) in [6.45, 7) is 0. The number of rotatable bonds is 3. The second-order valence-electron chi connectivity index (χ2n) is 0.860. The first-order valence-electron chi connectivity index (χ1n) is 1.59. The van der Waals surface area contributed by atoms with Gasteiger partial charge in [-0.1, -0.05) is 0 Å². The first kappa shape index (κ1) is 8.98. The van der Waals surface area contributed by atoms with E-state index in [1.165, 1.54) is 0 Å². The van der Waals surface area contributed by atoms with E-state index in [-0.39, 0.29) is 0 Å². The van der Waals surface area contributed by atoms with Crippen molar-refractivity contribution in [2.75, 3.05) is 7.11 Å². The third-order valence-electron chi connectivity index (χ3n) is 0.346. The Kier molecular flexibility index (Phi) is 3.22. The Morgan fingerprint density at radius 3 is 2.11 bits per heavy atom. The molecule has 0 radical (unpaired) electrons. The summed E-state index contributed by atoms with van der Waals surface area (Å²) in [5.41, 5.74) is 0. The molecule has 0 aliphatic carbocycles. The molecule has 6 nitrogen and oxygen atoms in total. The zero-order chi connectivity index (χ0) is 7.49. The predicted octanol–water partition coefficient (Wildman–Crippen LogP) is -0.969. The van der Waals surface area contributed by atoms with Gasteiger partial charge in [0.15, 0.2) is 0 Å². The highest BCUT2D eigenvalue weighted by Crippen LogP contribution is 1.93. The molecule has 1 atom stereocenters. The first-order valence-corrected chi connectivity index (χ1v) is 3.96. The fraction of sp³-hybridized carbons (Fsp3) is 1.00. The van der Waals surface area contributed by atoms with Crippen LogP contribution in [0.25, 0.3) is 0 Å². The van der Waals surface area contributed by atoms with Crippen molar-refractivity contribution < 1.29 is 25.0 Å². The molecule has 0 saturated heterocycles. The van der Waals surface area contributed by atoms with Gasteiger partial charge in [0.2, 0.25) is 0 Å². The van der Waals surface area contributed by atoms with Gasteiger partial charge in [-0.2, -0.15) is 12.6 Å². The van der Waals surface area contributed by atoms with Crippen molar-refractivity contribution in [1.29, 1.82) is 0 Å². The molecule has 0 aliphatic rings. The Hall–Kier alpha value is -0.0200. The second-order valence-corrected chi connectivity index (χ2v) is 2.99. The van der Waals surface area contributed by atoms with Gasteiger partial charge in [0.05, 0.1) is 7.11 Å². The zero-order valence-electron chi connectivity index (χ0n) is 4.30. The second kappa shape index (κ2) is 3.22. The summed E-state index contributed by atoms with van der Waals surface area (Å²) in [4.78, 5) is 0. The van der Waals surface area contributed by atoms with Crippen LogP contribution in [0.1, 0.15) is 0 Å². The van der Waals surface area contributed by atoms with Gasteiger partial charge in [0.1, 0.15) is 0 Å². The Morgan fingerprint density at radius 2 is 2.00 bits per heavy atom. The average Bonchev–Trinajstić information content (AvgIpc) is 1.63. The molecule has 0 aliphatic heterocycles. The molecular formula is CH4O6S2. The largest absolute Gasteiger partial charge is 0.414 e. The fourth-order valence-corrected chi connectivity index (χ4v) is 0.892. The molecule has 0 aromatic heterocycles. The molecule has 0 spiro atoms. The van der Waals surface area contributed by atoms with Crippen LogP contribution in [0, 0.1) is 0 Å². The summed E-state index contributed by atoms with van der Waals surface area (Å²) in [5, 5.41) is 0. The quantitative estimate of drug-likeness (QED) is 0.556. The predicted molar refractivity (Wildman–Crippen MR) is 27.8 cm³/mol. The molecule has 9 heavy (non-hydrogen) atoms. The van der Waals surface area contributed by atoms with Crippen LogP contribution in [0.15, 0.2) is 0 Å². The highest BCUT2D eigenvalue weighted by molar-refractivity contribution is 7.92. The molecule has 0 saturated carbocycles. The highest BCUT2D eigenvalue weighted by atomic mass is 32.3. The molecule has 0 heterocycles. The minimum atomic E-state index is -4.27. The van der Waals surface area contributed by atoms with E-state index in [1.54, 1.807) is 0 Å². The summed E-state index contributed by atoms with van der Waals surface area (Å²) in [7, 11) is -3.46. The van der Waals surface area contributed by atoms with Crippen LogP contribution in [0.5, 0.6) is 0 Å². The van der Waals surface area contributed by atoms with Crippen LogP contribution in [-0.4, -0.2) is 24.3 Å². The van der Waals surface area contributed by atoms with Gasteiger partial charge in [-0.05, 0) is 0 Å². The van der Waals surface area contributed by atoms with E-state index in [1.807, 2.05) is 0 Å². The Morgan fingerprint density at radius 1 is 1.56 bits per heavy atom. The van der Waals surface area contributed by atoms with Crippen molar-refractivity contribution in [3.05, 3.63) is 0 Å². The molecule has 1 unspecified atom stereocenters. The van der Waals surface area contributed by atoms with Crippen molar-refractivity contribution in [3.8, 4) is 0 Å². The van der Waals surface area contributed by atoms with E-state index in [9.17, 15) is 12.6 Å². The summed E-state index contributed by atoms with van der Waals surface area (Å²) in [5.74, 6) is 0. The molecule has 1 N–H and O–H groups in total. The minimum absolute atomic E-state index is 0.808. The van der Waals surface area contributed by atoms with Gasteiger partial charge >= 0.3 is 21.8 Å². The maximum atomic E-state index is 10.0. The summed E-state index contributed by atoms with van der Waals surface area (Å²) < 4.78 is 44.4. The number of hydrogen-bond acceptors (Lipinski definition) is 5. The van der Waals surface area contributed by atoms with Crippen molar-refractivity contribution in [2.24, 2.45) is 0 Å². The molecule has 0 bridgehead atoms. The molecule has 0 aromatic carbocycles. The van der Waals surface area contributed by atoms with Crippen LogP contribution < -0.4 is 0 Å². The lowest BCUT2D eigenvalue weighted by atomic mass is 11.8. The third-order valence-corrected chi connectivity index (χ3v) is 1.89. The molecule has 56 valence electrons. The lowest BCUT2D eigenvalue weighted by Gasteiger charge is -1.93. The standard InChI is InChI=1S/CH4O6S2/c1-6-9(4,5)7-8(2)3/h1H3,(H,2,3). The van der Waals surface area contributed by atoms with Crippen LogP contribution in [-0.2, 0) is 29.6 Å². The van der Waals surface area contributed by atoms with Crippen molar-refractivity contribution >= 4 is 21.8 Å². The SMILES string of the molecule is COS(=O)(=O)OS(=O)O. The molecule has 0 amide bonds. The Balaban J connectivity index is 4.06. The van der Waals surface area contributed by atoms with Gasteiger partial charge in [0, 0.05) is 0 Å². The van der Waals surface area contributed by atoms with Crippen molar-refractivity contribution in [2.45, 2.75) is 0 Å². The van der Waals surface area contributed by atoms with Crippen molar-refractivity contribution in [3.63, 3.8) is 0 Å². The van der Waals surface area contributed by atoms with E-state index in [2.05, 4.69) is 7.81 Å². The van der Waals surface area contributed by atoms with Crippen LogP contribution in [0.4, 0.5) is 0 Å². The maximum Gasteiger partial charge on any atom is 0.414 e. The van der Waals surface area contributed by atoms with Gasteiger partial charge in [-0.25, -0.2) is 0 Å². The normalized spacial score (nSPS) is 15.3. The Bertz CT molecular complexity index is 189. The monoisotopic (exact) mass is 176 g/mol. The minimum Gasteiger partial charge on any atom is -0.283 e. The first-order chi connectivity index (χ1) is 3.98. The Labute approximate surface area is 54.6 Å².